The lowest BCUT2D eigenvalue weighted by molar-refractivity contribution is -0.122. The van der Waals surface area contributed by atoms with Gasteiger partial charge in [-0.05, 0) is 67.7 Å². The fourth-order valence-corrected chi connectivity index (χ4v) is 5.59. The second-order valence-corrected chi connectivity index (χ2v) is 11.3. The quantitative estimate of drug-likeness (QED) is 0.499. The van der Waals surface area contributed by atoms with E-state index in [1.54, 1.807) is 0 Å². The van der Waals surface area contributed by atoms with Gasteiger partial charge in [-0.2, -0.15) is 0 Å². The second-order valence-electron chi connectivity index (χ2n) is 11.3. The van der Waals surface area contributed by atoms with Crippen molar-refractivity contribution in [3.8, 4) is 11.1 Å². The summed E-state index contributed by atoms with van der Waals surface area (Å²) < 4.78 is 5.44. The molecule has 0 bridgehead atoms. The first-order chi connectivity index (χ1) is 19.5. The number of urea groups is 1. The Morgan fingerprint density at radius 1 is 1.00 bits per heavy atom. The maximum Gasteiger partial charge on any atom is 0.320 e. The third kappa shape index (κ3) is 6.95. The molecule has 2 aromatic rings. The Bertz CT molecular complexity index is 1160. The summed E-state index contributed by atoms with van der Waals surface area (Å²) in [5, 5.41) is 3.28. The minimum absolute atomic E-state index is 0.0414. The molecule has 0 spiro atoms. The molecule has 0 radical (unpaired) electrons. The molecule has 0 atom stereocenters. The molecule has 2 aromatic carbocycles. The number of benzene rings is 2. The number of carbonyl (C=O) groups is 2. The number of amides is 3. The Morgan fingerprint density at radius 3 is 2.45 bits per heavy atom. The van der Waals surface area contributed by atoms with Crippen LogP contribution in [0.25, 0.3) is 11.1 Å². The largest absolute Gasteiger partial charge is 0.378 e. The zero-order chi connectivity index (χ0) is 27.9. The summed E-state index contributed by atoms with van der Waals surface area (Å²) in [6.07, 6.45) is 3.84. The second kappa shape index (κ2) is 13.5. The Labute approximate surface area is 238 Å². The summed E-state index contributed by atoms with van der Waals surface area (Å²) in [6.45, 7) is 7.96. The highest BCUT2D eigenvalue weighted by molar-refractivity contribution is 5.97. The van der Waals surface area contributed by atoms with Crippen LogP contribution in [0.3, 0.4) is 0 Å². The van der Waals surface area contributed by atoms with Crippen LogP contribution in [0.15, 0.2) is 42.5 Å². The van der Waals surface area contributed by atoms with Crippen molar-refractivity contribution >= 4 is 23.3 Å². The Balaban J connectivity index is 1.37. The molecule has 0 aromatic heterocycles. The van der Waals surface area contributed by atoms with E-state index in [1.165, 1.54) is 0 Å². The van der Waals surface area contributed by atoms with Gasteiger partial charge in [0, 0.05) is 58.3 Å². The molecule has 2 aliphatic heterocycles. The molecule has 1 aliphatic carbocycles. The van der Waals surface area contributed by atoms with Crippen LogP contribution in [0.5, 0.6) is 0 Å². The van der Waals surface area contributed by atoms with Gasteiger partial charge in [0.15, 0.2) is 0 Å². The topological polar surface area (TPSA) is 94.4 Å². The van der Waals surface area contributed by atoms with Crippen LogP contribution < -0.4 is 16.0 Å². The number of ether oxygens (including phenoxy) is 1. The monoisotopic (exact) mass is 548 g/mol. The number of likely N-dealkylation sites (N-methyl/N-ethyl adjacent to an activating group) is 1. The van der Waals surface area contributed by atoms with Crippen molar-refractivity contribution in [1.82, 2.24) is 14.7 Å². The van der Waals surface area contributed by atoms with Crippen LogP contribution in [0.4, 0.5) is 16.2 Å². The fourth-order valence-electron chi connectivity index (χ4n) is 5.59. The van der Waals surface area contributed by atoms with Crippen LogP contribution in [-0.2, 0) is 16.1 Å². The molecule has 5 rings (SSSR count). The van der Waals surface area contributed by atoms with Gasteiger partial charge in [-0.15, -0.1) is 0 Å². The van der Waals surface area contributed by atoms with Crippen LogP contribution in [-0.4, -0.2) is 99.3 Å². The number of nitrogens with zero attached hydrogens (tertiary/aromatic N) is 4. The van der Waals surface area contributed by atoms with E-state index in [0.29, 0.717) is 45.9 Å². The highest BCUT2D eigenvalue weighted by Crippen LogP contribution is 2.35. The number of rotatable bonds is 9. The maximum atomic E-state index is 13.3. The average Bonchev–Trinajstić information content (AvgIpc) is 2.95. The number of anilines is 2. The first-order valence-corrected chi connectivity index (χ1v) is 14.8. The van der Waals surface area contributed by atoms with Gasteiger partial charge >= 0.3 is 6.03 Å². The minimum atomic E-state index is 0.0414. The summed E-state index contributed by atoms with van der Waals surface area (Å²) in [4.78, 5) is 34.8. The lowest BCUT2D eigenvalue weighted by Crippen LogP contribution is -2.48. The molecule has 9 nitrogen and oxygen atoms in total. The van der Waals surface area contributed by atoms with Crippen molar-refractivity contribution in [2.75, 3.05) is 82.8 Å². The first kappa shape index (κ1) is 28.4. The molecule has 9 heteroatoms. The van der Waals surface area contributed by atoms with Crippen molar-refractivity contribution in [3.05, 3.63) is 48.0 Å². The third-order valence-corrected chi connectivity index (χ3v) is 8.39. The van der Waals surface area contributed by atoms with Crippen molar-refractivity contribution < 1.29 is 14.3 Å². The molecule has 1 saturated carbocycles. The maximum absolute atomic E-state index is 13.3. The van der Waals surface area contributed by atoms with E-state index in [0.717, 1.165) is 79.9 Å². The molecule has 3 amide bonds. The summed E-state index contributed by atoms with van der Waals surface area (Å²) in [7, 11) is 2.15. The van der Waals surface area contributed by atoms with Crippen LogP contribution in [0.2, 0.25) is 0 Å². The minimum Gasteiger partial charge on any atom is -0.378 e. The number of nitrogens with two attached hydrogens (primary N) is 1. The van der Waals surface area contributed by atoms with Crippen molar-refractivity contribution in [2.24, 2.45) is 11.7 Å². The summed E-state index contributed by atoms with van der Waals surface area (Å²) in [5.74, 6) is 0.250. The number of hydrogen-bond donors (Lipinski definition) is 2. The molecule has 2 saturated heterocycles. The molecular formula is C31H44N6O3. The Morgan fingerprint density at radius 2 is 1.75 bits per heavy atom. The van der Waals surface area contributed by atoms with E-state index in [2.05, 4.69) is 58.6 Å². The predicted octanol–water partition coefficient (Wildman–Crippen LogP) is 3.45. The van der Waals surface area contributed by atoms with Crippen molar-refractivity contribution in [2.45, 2.75) is 32.2 Å². The predicted molar refractivity (Wildman–Crippen MR) is 159 cm³/mol. The molecule has 3 N–H and O–H groups in total. The number of morpholine rings is 1. The molecular weight excluding hydrogens is 504 g/mol. The molecule has 40 heavy (non-hydrogen) atoms. The smallest absolute Gasteiger partial charge is 0.320 e. The number of hydrogen-bond acceptors (Lipinski definition) is 6. The third-order valence-electron chi connectivity index (χ3n) is 8.39. The summed E-state index contributed by atoms with van der Waals surface area (Å²) in [6, 6.07) is 14.8. The molecule has 3 aliphatic rings. The van der Waals surface area contributed by atoms with E-state index in [4.69, 9.17) is 10.5 Å². The normalized spacial score (nSPS) is 18.4. The lowest BCUT2D eigenvalue weighted by atomic mass is 9.85. The highest BCUT2D eigenvalue weighted by atomic mass is 16.5. The molecule has 3 fully saturated rings. The Kier molecular flexibility index (Phi) is 9.57. The highest BCUT2D eigenvalue weighted by Gasteiger charge is 2.27. The van der Waals surface area contributed by atoms with E-state index < -0.39 is 0 Å². The van der Waals surface area contributed by atoms with Gasteiger partial charge in [-0.3, -0.25) is 4.79 Å². The van der Waals surface area contributed by atoms with Crippen LogP contribution in [0.1, 0.15) is 31.2 Å². The van der Waals surface area contributed by atoms with E-state index in [9.17, 15) is 9.59 Å². The molecule has 2 heterocycles. The Hall–Kier alpha value is -3.14. The summed E-state index contributed by atoms with van der Waals surface area (Å²) >= 11 is 0. The van der Waals surface area contributed by atoms with Gasteiger partial charge in [-0.1, -0.05) is 30.7 Å². The van der Waals surface area contributed by atoms with Gasteiger partial charge in [-0.25, -0.2) is 4.79 Å². The number of piperazine rings is 1. The zero-order valence-electron chi connectivity index (χ0n) is 23.8. The average molecular weight is 549 g/mol. The van der Waals surface area contributed by atoms with Crippen molar-refractivity contribution in [3.63, 3.8) is 0 Å². The van der Waals surface area contributed by atoms with Crippen molar-refractivity contribution in [1.29, 1.82) is 0 Å². The zero-order valence-corrected chi connectivity index (χ0v) is 23.8. The van der Waals surface area contributed by atoms with Gasteiger partial charge < -0.3 is 35.4 Å². The fraction of sp³-hybridized carbons (Fsp3) is 0.548. The van der Waals surface area contributed by atoms with Gasteiger partial charge in [0.25, 0.3) is 0 Å². The standard InChI is InChI=1S/C31H44N6O3/c1-34-13-15-35(16-14-34)29-10-9-27(22-28(29)33-30(38)25-6-3-7-25)26-8-2-5-24(21-26)23-37(12-4-11-32)31(39)36-17-19-40-20-18-36/h2,5,8-10,21-22,25H,3-4,6-7,11-20,23,32H2,1H3,(H,33,38). The van der Waals surface area contributed by atoms with E-state index in [1.807, 2.05) is 15.9 Å². The van der Waals surface area contributed by atoms with E-state index in [-0.39, 0.29) is 17.9 Å². The molecule has 216 valence electrons. The lowest BCUT2D eigenvalue weighted by Gasteiger charge is -2.35. The molecule has 0 unspecified atom stereocenters. The SMILES string of the molecule is CN1CCN(c2ccc(-c3cccc(CN(CCCN)C(=O)N4CCOCC4)c3)cc2NC(=O)C2CCC2)CC1. The van der Waals surface area contributed by atoms with Gasteiger partial charge in [0.1, 0.15) is 0 Å². The summed E-state index contributed by atoms with van der Waals surface area (Å²) in [5.41, 5.74) is 11.0. The van der Waals surface area contributed by atoms with Crippen LogP contribution in [0, 0.1) is 5.92 Å². The van der Waals surface area contributed by atoms with Gasteiger partial charge in [0.05, 0.1) is 24.6 Å². The van der Waals surface area contributed by atoms with Gasteiger partial charge in [0.2, 0.25) is 5.91 Å². The first-order valence-electron chi connectivity index (χ1n) is 14.8. The van der Waals surface area contributed by atoms with Crippen LogP contribution >= 0.6 is 0 Å². The number of carbonyl (C=O) groups excluding carboxylic acids is 2. The van der Waals surface area contributed by atoms with E-state index >= 15 is 0 Å². The number of nitrogens with one attached hydrogen (secondary N) is 1.